The van der Waals surface area contributed by atoms with Crippen LogP contribution in [-0.2, 0) is 0 Å². The third kappa shape index (κ3) is 1.68. The maximum atomic E-state index is 9.06. The summed E-state index contributed by atoms with van der Waals surface area (Å²) in [6.45, 7) is 5.71. The fourth-order valence-electron chi connectivity index (χ4n) is 1.66. The number of nitrogens with zero attached hydrogens (tertiary/aromatic N) is 4. The van der Waals surface area contributed by atoms with Crippen molar-refractivity contribution in [2.24, 2.45) is 0 Å². The molecule has 80 valence electrons. The van der Waals surface area contributed by atoms with Crippen LogP contribution in [0.1, 0.15) is 22.8 Å². The lowest BCUT2D eigenvalue weighted by Crippen LogP contribution is -2.02. The van der Waals surface area contributed by atoms with Crippen molar-refractivity contribution in [1.82, 2.24) is 14.8 Å². The predicted molar refractivity (Wildman–Crippen MR) is 60.3 cm³/mol. The van der Waals surface area contributed by atoms with Gasteiger partial charge in [0.25, 0.3) is 0 Å². The van der Waals surface area contributed by atoms with Gasteiger partial charge in [-0.3, -0.25) is 0 Å². The molecule has 0 fully saturated rings. The van der Waals surface area contributed by atoms with Crippen molar-refractivity contribution >= 4 is 0 Å². The third-order valence-electron chi connectivity index (χ3n) is 2.38. The van der Waals surface area contributed by atoms with E-state index < -0.39 is 0 Å². The summed E-state index contributed by atoms with van der Waals surface area (Å²) in [7, 11) is 0. The molecule has 0 N–H and O–H groups in total. The van der Waals surface area contributed by atoms with E-state index in [0.717, 1.165) is 17.1 Å². The van der Waals surface area contributed by atoms with E-state index in [0.29, 0.717) is 11.4 Å². The number of aryl methyl sites for hydroxylation is 3. The highest BCUT2D eigenvalue weighted by Gasteiger charge is 2.09. The largest absolute Gasteiger partial charge is 0.217 e. The zero-order chi connectivity index (χ0) is 11.7. The Kier molecular flexibility index (Phi) is 2.45. The second-order valence-electron chi connectivity index (χ2n) is 3.75. The van der Waals surface area contributed by atoms with Crippen molar-refractivity contribution in [2.45, 2.75) is 20.8 Å². The molecule has 0 saturated carbocycles. The van der Waals surface area contributed by atoms with Crippen molar-refractivity contribution in [3.63, 3.8) is 0 Å². The lowest BCUT2D eigenvalue weighted by atomic mass is 10.1. The average Bonchev–Trinajstić information content (AvgIpc) is 2.57. The topological polar surface area (TPSA) is 54.5 Å². The van der Waals surface area contributed by atoms with Gasteiger partial charge in [0.2, 0.25) is 0 Å². The zero-order valence-electron chi connectivity index (χ0n) is 9.52. The molecular weight excluding hydrogens is 200 g/mol. The first-order valence-corrected chi connectivity index (χ1v) is 5.03. The molecule has 1 heterocycles. The highest BCUT2D eigenvalue weighted by atomic mass is 15.3. The minimum atomic E-state index is 0.610. The summed E-state index contributed by atoms with van der Waals surface area (Å²) in [5.41, 5.74) is 2.50. The molecule has 2 rings (SSSR count). The van der Waals surface area contributed by atoms with Gasteiger partial charge in [-0.2, -0.15) is 10.4 Å². The van der Waals surface area contributed by atoms with Crippen LogP contribution in [0, 0.1) is 32.1 Å². The van der Waals surface area contributed by atoms with Gasteiger partial charge in [0, 0.05) is 0 Å². The summed E-state index contributed by atoms with van der Waals surface area (Å²) in [6.07, 6.45) is 0. The Morgan fingerprint density at radius 1 is 1.25 bits per heavy atom. The van der Waals surface area contributed by atoms with Gasteiger partial charge < -0.3 is 0 Å². The van der Waals surface area contributed by atoms with Crippen LogP contribution >= 0.6 is 0 Å². The fourth-order valence-corrected chi connectivity index (χ4v) is 1.66. The van der Waals surface area contributed by atoms with E-state index in [2.05, 4.69) is 16.2 Å². The molecule has 0 saturated heterocycles. The highest BCUT2D eigenvalue weighted by Crippen LogP contribution is 2.16. The quantitative estimate of drug-likeness (QED) is 0.727. The average molecular weight is 212 g/mol. The zero-order valence-corrected chi connectivity index (χ0v) is 9.52. The van der Waals surface area contributed by atoms with Gasteiger partial charge in [0.15, 0.2) is 0 Å². The van der Waals surface area contributed by atoms with Crippen LogP contribution < -0.4 is 0 Å². The van der Waals surface area contributed by atoms with Crippen LogP contribution in [0.15, 0.2) is 18.2 Å². The van der Waals surface area contributed by atoms with Crippen molar-refractivity contribution in [1.29, 1.82) is 5.26 Å². The predicted octanol–water partition coefficient (Wildman–Crippen LogP) is 2.06. The van der Waals surface area contributed by atoms with Gasteiger partial charge in [-0.1, -0.05) is 6.07 Å². The Labute approximate surface area is 94.2 Å². The Balaban J connectivity index is 2.68. The molecule has 1 aromatic carbocycles. The van der Waals surface area contributed by atoms with Gasteiger partial charge in [-0.15, -0.1) is 0 Å². The molecule has 0 aliphatic rings. The van der Waals surface area contributed by atoms with Crippen LogP contribution in [0.2, 0.25) is 0 Å². The fraction of sp³-hybridized carbons (Fsp3) is 0.250. The molecular formula is C12H12N4. The standard InChI is InChI=1S/C12H12N4/c1-8-4-5-11(7-13)12(6-8)16-10(3)14-9(2)15-16/h4-6H,1-3H3. The van der Waals surface area contributed by atoms with E-state index in [9.17, 15) is 0 Å². The van der Waals surface area contributed by atoms with Gasteiger partial charge in [0.1, 0.15) is 17.7 Å². The maximum absolute atomic E-state index is 9.06. The molecule has 1 aromatic heterocycles. The number of rotatable bonds is 1. The van der Waals surface area contributed by atoms with Crippen molar-refractivity contribution in [2.75, 3.05) is 0 Å². The minimum absolute atomic E-state index is 0.610. The number of hydrogen-bond donors (Lipinski definition) is 0. The SMILES string of the molecule is Cc1ccc(C#N)c(-n2nc(C)nc2C)c1. The van der Waals surface area contributed by atoms with E-state index >= 15 is 0 Å². The van der Waals surface area contributed by atoms with E-state index in [1.165, 1.54) is 0 Å². The van der Waals surface area contributed by atoms with Crippen LogP contribution in [-0.4, -0.2) is 14.8 Å². The second kappa shape index (κ2) is 3.78. The monoisotopic (exact) mass is 212 g/mol. The molecule has 4 heteroatoms. The van der Waals surface area contributed by atoms with Gasteiger partial charge in [-0.25, -0.2) is 9.67 Å². The molecule has 0 atom stereocenters. The van der Waals surface area contributed by atoms with Crippen LogP contribution in [0.5, 0.6) is 0 Å². The maximum Gasteiger partial charge on any atom is 0.148 e. The molecule has 0 unspecified atom stereocenters. The summed E-state index contributed by atoms with van der Waals surface area (Å²) in [5, 5.41) is 13.3. The van der Waals surface area contributed by atoms with Crippen molar-refractivity contribution in [3.8, 4) is 11.8 Å². The first-order chi connectivity index (χ1) is 7.61. The Morgan fingerprint density at radius 2 is 2.00 bits per heavy atom. The molecule has 0 radical (unpaired) electrons. The highest BCUT2D eigenvalue weighted by molar-refractivity contribution is 5.50. The molecule has 0 aliphatic heterocycles. The lowest BCUT2D eigenvalue weighted by Gasteiger charge is -2.06. The number of hydrogen-bond acceptors (Lipinski definition) is 3. The van der Waals surface area contributed by atoms with E-state index in [1.807, 2.05) is 32.9 Å². The lowest BCUT2D eigenvalue weighted by molar-refractivity contribution is 0.827. The van der Waals surface area contributed by atoms with Gasteiger partial charge in [-0.05, 0) is 38.5 Å². The molecule has 4 nitrogen and oxygen atoms in total. The smallest absolute Gasteiger partial charge is 0.148 e. The number of nitriles is 1. The van der Waals surface area contributed by atoms with Gasteiger partial charge in [0.05, 0.1) is 11.3 Å². The minimum Gasteiger partial charge on any atom is -0.217 e. The van der Waals surface area contributed by atoms with Crippen LogP contribution in [0.3, 0.4) is 0 Å². The molecule has 16 heavy (non-hydrogen) atoms. The molecule has 0 aliphatic carbocycles. The van der Waals surface area contributed by atoms with Crippen molar-refractivity contribution in [3.05, 3.63) is 41.0 Å². The number of aromatic nitrogens is 3. The summed E-state index contributed by atoms with van der Waals surface area (Å²) >= 11 is 0. The number of benzene rings is 1. The third-order valence-corrected chi connectivity index (χ3v) is 2.38. The normalized spacial score (nSPS) is 10.1. The Morgan fingerprint density at radius 3 is 2.56 bits per heavy atom. The summed E-state index contributed by atoms with van der Waals surface area (Å²) in [6, 6.07) is 7.84. The summed E-state index contributed by atoms with van der Waals surface area (Å²) < 4.78 is 1.71. The van der Waals surface area contributed by atoms with Crippen LogP contribution in [0.4, 0.5) is 0 Å². The Hall–Kier alpha value is -2.15. The summed E-state index contributed by atoms with van der Waals surface area (Å²) in [5.74, 6) is 1.50. The first kappa shape index (κ1) is 10.4. The molecule has 0 bridgehead atoms. The second-order valence-corrected chi connectivity index (χ2v) is 3.75. The molecule has 0 spiro atoms. The van der Waals surface area contributed by atoms with Gasteiger partial charge >= 0.3 is 0 Å². The first-order valence-electron chi connectivity index (χ1n) is 5.03. The van der Waals surface area contributed by atoms with E-state index in [-0.39, 0.29) is 0 Å². The molecule has 0 amide bonds. The Bertz CT molecular complexity index is 575. The van der Waals surface area contributed by atoms with E-state index in [1.54, 1.807) is 10.7 Å². The van der Waals surface area contributed by atoms with Crippen molar-refractivity contribution < 1.29 is 0 Å². The summed E-state index contributed by atoms with van der Waals surface area (Å²) in [4.78, 5) is 4.23. The van der Waals surface area contributed by atoms with Crippen LogP contribution in [0.25, 0.3) is 5.69 Å². The molecule has 2 aromatic rings. The van der Waals surface area contributed by atoms with E-state index in [4.69, 9.17) is 5.26 Å².